The maximum atomic E-state index is 10.2. The van der Waals surface area contributed by atoms with Crippen molar-refractivity contribution < 1.29 is 30.6 Å². The first-order chi connectivity index (χ1) is 12.7. The smallest absolute Gasteiger partial charge is 0.225 e. The Morgan fingerprint density at radius 3 is 1.74 bits per heavy atom. The molecule has 0 radical (unpaired) electrons. The molecule has 27 heavy (non-hydrogen) atoms. The van der Waals surface area contributed by atoms with Gasteiger partial charge < -0.3 is 30.6 Å². The Bertz CT molecular complexity index is 789. The third-order valence-electron chi connectivity index (χ3n) is 3.92. The minimum Gasteiger partial charge on any atom is -0.509 e. The summed E-state index contributed by atoms with van der Waals surface area (Å²) in [4.78, 5) is 0. The predicted octanol–water partition coefficient (Wildman–Crippen LogP) is 2.19. The van der Waals surface area contributed by atoms with Gasteiger partial charge in [-0.2, -0.15) is 0 Å². The van der Waals surface area contributed by atoms with E-state index in [1.165, 1.54) is 6.08 Å². The molecule has 0 fully saturated rings. The maximum Gasteiger partial charge on any atom is 0.225 e. The molecule has 4 atom stereocenters. The number of benzene rings is 2. The number of halogens is 1. The molecule has 0 spiro atoms. The van der Waals surface area contributed by atoms with Gasteiger partial charge in [0.25, 0.3) is 0 Å². The molecule has 0 saturated carbocycles. The van der Waals surface area contributed by atoms with Crippen molar-refractivity contribution in [1.82, 2.24) is 0 Å². The minimum atomic E-state index is -2.79. The minimum absolute atomic E-state index is 0.489. The van der Waals surface area contributed by atoms with E-state index in [9.17, 15) is 30.6 Å². The number of hydrogen-bond acceptors (Lipinski definition) is 6. The van der Waals surface area contributed by atoms with E-state index in [0.717, 1.165) is 6.08 Å². The monoisotopic (exact) mass is 392 g/mol. The Balaban J connectivity index is 2.17. The SMILES string of the molecule is OC(=Cc1ccccc1)[C@@H](O)[C@@H](O)[C@H](O)[C@](O)(Cl)C(O)=Cc1ccccc1. The van der Waals surface area contributed by atoms with Crippen molar-refractivity contribution in [3.05, 3.63) is 83.3 Å². The van der Waals surface area contributed by atoms with Gasteiger partial charge in [0, 0.05) is 0 Å². The molecule has 0 aliphatic heterocycles. The number of aliphatic hydroxyl groups is 6. The largest absolute Gasteiger partial charge is 0.509 e. The van der Waals surface area contributed by atoms with Crippen LogP contribution in [0.4, 0.5) is 0 Å². The zero-order valence-electron chi connectivity index (χ0n) is 14.2. The Morgan fingerprint density at radius 2 is 1.26 bits per heavy atom. The van der Waals surface area contributed by atoms with Gasteiger partial charge in [-0.15, -0.1) is 0 Å². The highest BCUT2D eigenvalue weighted by molar-refractivity contribution is 6.25. The molecule has 0 bridgehead atoms. The summed E-state index contributed by atoms with van der Waals surface area (Å²) in [5.74, 6) is -1.48. The van der Waals surface area contributed by atoms with Gasteiger partial charge in [0.15, 0.2) is 0 Å². The molecular formula is C20H21ClO6. The highest BCUT2D eigenvalue weighted by atomic mass is 35.5. The molecule has 0 aliphatic rings. The van der Waals surface area contributed by atoms with Gasteiger partial charge >= 0.3 is 0 Å². The molecular weight excluding hydrogens is 372 g/mol. The van der Waals surface area contributed by atoms with Crippen molar-refractivity contribution in [2.24, 2.45) is 0 Å². The van der Waals surface area contributed by atoms with Gasteiger partial charge in [-0.25, -0.2) is 0 Å². The Morgan fingerprint density at radius 1 is 0.815 bits per heavy atom. The lowest BCUT2D eigenvalue weighted by Gasteiger charge is -2.31. The quantitative estimate of drug-likeness (QED) is 0.317. The molecule has 0 aromatic heterocycles. The van der Waals surface area contributed by atoms with Crippen LogP contribution >= 0.6 is 11.6 Å². The third kappa shape index (κ3) is 5.32. The van der Waals surface area contributed by atoms with Crippen LogP contribution in [0.15, 0.2) is 72.2 Å². The van der Waals surface area contributed by atoms with Crippen molar-refractivity contribution >= 4 is 23.8 Å². The molecule has 0 heterocycles. The first-order valence-electron chi connectivity index (χ1n) is 8.10. The predicted molar refractivity (Wildman–Crippen MR) is 103 cm³/mol. The Hall–Kier alpha value is -2.35. The van der Waals surface area contributed by atoms with Crippen LogP contribution in [0, 0.1) is 0 Å². The summed E-state index contributed by atoms with van der Waals surface area (Å²) in [5, 5.41) is 57.8. The normalized spacial score (nSPS) is 18.4. The topological polar surface area (TPSA) is 121 Å². The third-order valence-corrected chi connectivity index (χ3v) is 4.34. The first-order valence-corrected chi connectivity index (χ1v) is 8.48. The van der Waals surface area contributed by atoms with E-state index in [2.05, 4.69) is 0 Å². The van der Waals surface area contributed by atoms with E-state index < -0.39 is 34.9 Å². The summed E-state index contributed by atoms with van der Waals surface area (Å²) in [6, 6.07) is 16.8. The maximum absolute atomic E-state index is 10.2. The molecule has 0 aliphatic carbocycles. The van der Waals surface area contributed by atoms with Crippen molar-refractivity contribution in [2.75, 3.05) is 0 Å². The zero-order valence-corrected chi connectivity index (χ0v) is 15.0. The zero-order chi connectivity index (χ0) is 20.0. The molecule has 6 nitrogen and oxygen atoms in total. The van der Waals surface area contributed by atoms with Gasteiger partial charge in [-0.1, -0.05) is 72.3 Å². The van der Waals surface area contributed by atoms with Crippen LogP contribution in [0.1, 0.15) is 11.1 Å². The van der Waals surface area contributed by atoms with E-state index in [-0.39, 0.29) is 0 Å². The molecule has 0 saturated heterocycles. The van der Waals surface area contributed by atoms with Crippen LogP contribution in [0.3, 0.4) is 0 Å². The van der Waals surface area contributed by atoms with Crippen LogP contribution < -0.4 is 0 Å². The van der Waals surface area contributed by atoms with Crippen LogP contribution in [0.25, 0.3) is 12.2 Å². The fraction of sp³-hybridized carbons (Fsp3) is 0.200. The molecule has 2 aromatic carbocycles. The van der Waals surface area contributed by atoms with Crippen LogP contribution in [0.5, 0.6) is 0 Å². The lowest BCUT2D eigenvalue weighted by Crippen LogP contribution is -2.51. The number of rotatable bonds is 7. The number of aliphatic hydroxyl groups excluding tert-OH is 5. The Labute approximate surface area is 161 Å². The highest BCUT2D eigenvalue weighted by Crippen LogP contribution is 2.30. The summed E-state index contributed by atoms with van der Waals surface area (Å²) in [6.45, 7) is 0. The lowest BCUT2D eigenvalue weighted by molar-refractivity contribution is -0.114. The van der Waals surface area contributed by atoms with Crippen molar-refractivity contribution in [3.8, 4) is 0 Å². The summed E-state index contributed by atoms with van der Waals surface area (Å²) in [7, 11) is 0. The number of alkyl halides is 1. The van der Waals surface area contributed by atoms with E-state index in [4.69, 9.17) is 11.6 Å². The second-order valence-corrected chi connectivity index (χ2v) is 6.55. The molecule has 0 unspecified atom stereocenters. The van der Waals surface area contributed by atoms with Crippen LogP contribution in [-0.4, -0.2) is 54.0 Å². The molecule has 6 N–H and O–H groups in total. The fourth-order valence-electron chi connectivity index (χ4n) is 2.34. The van der Waals surface area contributed by atoms with Crippen LogP contribution in [-0.2, 0) is 0 Å². The highest BCUT2D eigenvalue weighted by Gasteiger charge is 2.45. The molecule has 144 valence electrons. The molecule has 0 amide bonds. The second-order valence-electron chi connectivity index (χ2n) is 5.97. The van der Waals surface area contributed by atoms with E-state index in [0.29, 0.717) is 11.1 Å². The lowest BCUT2D eigenvalue weighted by atomic mass is 9.98. The molecule has 7 heteroatoms. The van der Waals surface area contributed by atoms with E-state index in [1.807, 2.05) is 0 Å². The second kappa shape index (κ2) is 9.03. The summed E-state index contributed by atoms with van der Waals surface area (Å²) < 4.78 is 0. The van der Waals surface area contributed by atoms with Crippen molar-refractivity contribution in [2.45, 2.75) is 23.4 Å². The molecule has 2 aromatic rings. The first kappa shape index (κ1) is 21.0. The van der Waals surface area contributed by atoms with E-state index >= 15 is 0 Å². The number of hydrogen-bond donors (Lipinski definition) is 6. The van der Waals surface area contributed by atoms with Gasteiger partial charge in [0.05, 0.1) is 0 Å². The average molecular weight is 393 g/mol. The summed E-state index contributed by atoms with van der Waals surface area (Å²) >= 11 is 5.81. The van der Waals surface area contributed by atoms with Crippen molar-refractivity contribution in [3.63, 3.8) is 0 Å². The van der Waals surface area contributed by atoms with E-state index in [1.54, 1.807) is 60.7 Å². The van der Waals surface area contributed by atoms with Gasteiger partial charge in [0.1, 0.15) is 29.8 Å². The van der Waals surface area contributed by atoms with Crippen molar-refractivity contribution in [1.29, 1.82) is 0 Å². The standard InChI is InChI=1S/C20H21ClO6/c21-20(27,16(23)12-14-9-5-2-6-10-14)19(26)18(25)17(24)15(22)11-13-7-3-1-4-8-13/h1-12,17-19,22-27H/t17-,18-,19+,20+/m1/s1. The summed E-state index contributed by atoms with van der Waals surface area (Å²) in [5.41, 5.74) is 1.03. The van der Waals surface area contributed by atoms with Gasteiger partial charge in [-0.05, 0) is 23.3 Å². The van der Waals surface area contributed by atoms with Gasteiger partial charge in [-0.3, -0.25) is 0 Å². The average Bonchev–Trinajstić information content (AvgIpc) is 2.67. The van der Waals surface area contributed by atoms with Crippen LogP contribution in [0.2, 0.25) is 0 Å². The fourth-order valence-corrected chi connectivity index (χ4v) is 2.52. The Kier molecular flexibility index (Phi) is 7.01. The van der Waals surface area contributed by atoms with Gasteiger partial charge in [0.2, 0.25) is 5.06 Å². The summed E-state index contributed by atoms with van der Waals surface area (Å²) in [6.07, 6.45) is -3.95. The molecule has 2 rings (SSSR count).